The molecule has 3 aromatic heterocycles. The lowest BCUT2D eigenvalue weighted by atomic mass is 10.1. The van der Waals surface area contributed by atoms with E-state index in [0.29, 0.717) is 22.7 Å². The number of nitrogens with zero attached hydrogens (tertiary/aromatic N) is 5. The Morgan fingerprint density at radius 1 is 1.12 bits per heavy atom. The van der Waals surface area contributed by atoms with Gasteiger partial charge in [0.05, 0.1) is 24.0 Å². The molecule has 7 heteroatoms. The zero-order valence-electron chi connectivity index (χ0n) is 19.1. The number of hydrogen-bond acceptors (Lipinski definition) is 5. The van der Waals surface area contributed by atoms with E-state index in [4.69, 9.17) is 9.72 Å². The molecule has 4 aromatic rings. The van der Waals surface area contributed by atoms with Crippen molar-refractivity contribution >= 4 is 17.6 Å². The average Bonchev–Trinajstić information content (AvgIpc) is 3.20. The van der Waals surface area contributed by atoms with E-state index in [0.717, 1.165) is 11.1 Å². The van der Waals surface area contributed by atoms with Gasteiger partial charge in [-0.3, -0.25) is 9.88 Å². The third kappa shape index (κ3) is 5.01. The van der Waals surface area contributed by atoms with Crippen LogP contribution in [0.2, 0.25) is 0 Å². The van der Waals surface area contributed by atoms with Crippen LogP contribution >= 0.6 is 0 Å². The first-order valence-electron chi connectivity index (χ1n) is 10.6. The van der Waals surface area contributed by atoms with E-state index in [2.05, 4.69) is 21.9 Å². The third-order valence-electron chi connectivity index (χ3n) is 4.74. The van der Waals surface area contributed by atoms with E-state index in [1.165, 1.54) is 0 Å². The molecular weight excluding hydrogens is 414 g/mol. The van der Waals surface area contributed by atoms with Crippen molar-refractivity contribution in [3.8, 4) is 23.1 Å². The Labute approximate surface area is 193 Å². The lowest BCUT2D eigenvalue weighted by Crippen LogP contribution is -2.37. The lowest BCUT2D eigenvalue weighted by molar-refractivity contribution is 0.0575. The third-order valence-corrected chi connectivity index (χ3v) is 4.74. The highest BCUT2D eigenvalue weighted by atomic mass is 16.6. The maximum atomic E-state index is 13.4. The molecule has 0 atom stereocenters. The van der Waals surface area contributed by atoms with Gasteiger partial charge in [-0.15, -0.1) is 5.92 Å². The summed E-state index contributed by atoms with van der Waals surface area (Å²) in [5.41, 5.74) is 3.07. The van der Waals surface area contributed by atoms with Gasteiger partial charge in [0.15, 0.2) is 5.65 Å². The highest BCUT2D eigenvalue weighted by molar-refractivity contribution is 5.88. The van der Waals surface area contributed by atoms with Crippen LogP contribution in [0.5, 0.6) is 0 Å². The van der Waals surface area contributed by atoms with Crippen LogP contribution in [0, 0.1) is 11.8 Å². The predicted octanol–water partition coefficient (Wildman–Crippen LogP) is 5.10. The van der Waals surface area contributed by atoms with Crippen molar-refractivity contribution in [1.29, 1.82) is 0 Å². The Morgan fingerprint density at radius 2 is 1.91 bits per heavy atom. The topological polar surface area (TPSA) is 72.6 Å². The molecule has 4 rings (SSSR count). The van der Waals surface area contributed by atoms with Gasteiger partial charge in [0.1, 0.15) is 11.4 Å². The number of carbonyl (C=O) groups excluding carboxylic acids is 1. The monoisotopic (exact) mass is 439 g/mol. The first kappa shape index (κ1) is 22.0. The lowest BCUT2D eigenvalue weighted by Gasteiger charge is -2.28. The second kappa shape index (κ2) is 9.13. The Morgan fingerprint density at radius 3 is 2.58 bits per heavy atom. The first-order valence-corrected chi connectivity index (χ1v) is 10.6. The number of hydrogen-bond donors (Lipinski definition) is 0. The summed E-state index contributed by atoms with van der Waals surface area (Å²) in [5, 5.41) is 4.50. The molecule has 0 bridgehead atoms. The molecular formula is C26H25N5O2. The number of carbonyl (C=O) groups is 1. The molecule has 7 nitrogen and oxygen atoms in total. The summed E-state index contributed by atoms with van der Waals surface area (Å²) in [5.74, 6) is 6.49. The van der Waals surface area contributed by atoms with Crippen LogP contribution in [-0.2, 0) is 11.3 Å². The number of amides is 1. The standard InChI is InChI=1S/C26H25N5O2/c1-5-10-21-17-28-31-23(15-22(29-24(21)31)20-12-7-6-8-13-20)30(25(32)33-26(2,3)4)18-19-11-9-14-27-16-19/h6-9,11-17H,18H2,1-4H3. The summed E-state index contributed by atoms with van der Waals surface area (Å²) in [6.45, 7) is 7.54. The largest absolute Gasteiger partial charge is 0.443 e. The van der Waals surface area contributed by atoms with Crippen LogP contribution in [0.15, 0.2) is 67.1 Å². The molecule has 166 valence electrons. The normalized spacial score (nSPS) is 11.0. The van der Waals surface area contributed by atoms with Crippen molar-refractivity contribution in [2.24, 2.45) is 0 Å². The van der Waals surface area contributed by atoms with Gasteiger partial charge in [-0.2, -0.15) is 9.61 Å². The summed E-state index contributed by atoms with van der Waals surface area (Å²) in [6, 6.07) is 15.4. The smallest absolute Gasteiger partial charge is 0.416 e. The highest BCUT2D eigenvalue weighted by Crippen LogP contribution is 2.28. The second-order valence-electron chi connectivity index (χ2n) is 8.46. The minimum absolute atomic E-state index is 0.255. The fourth-order valence-electron chi connectivity index (χ4n) is 3.35. The van der Waals surface area contributed by atoms with Crippen LogP contribution in [0.4, 0.5) is 10.6 Å². The molecule has 0 N–H and O–H groups in total. The average molecular weight is 440 g/mol. The van der Waals surface area contributed by atoms with E-state index in [1.807, 2.05) is 69.3 Å². The van der Waals surface area contributed by atoms with Gasteiger partial charge >= 0.3 is 6.09 Å². The highest BCUT2D eigenvalue weighted by Gasteiger charge is 2.27. The summed E-state index contributed by atoms with van der Waals surface area (Å²) >= 11 is 0. The summed E-state index contributed by atoms with van der Waals surface area (Å²) < 4.78 is 7.38. The summed E-state index contributed by atoms with van der Waals surface area (Å²) in [4.78, 5) is 23.9. The maximum absolute atomic E-state index is 13.4. The minimum Gasteiger partial charge on any atom is -0.443 e. The van der Waals surface area contributed by atoms with Crippen LogP contribution in [0.3, 0.4) is 0 Å². The molecule has 3 heterocycles. The molecule has 33 heavy (non-hydrogen) atoms. The molecule has 0 saturated carbocycles. The summed E-state index contributed by atoms with van der Waals surface area (Å²) in [7, 11) is 0. The van der Waals surface area contributed by atoms with Gasteiger partial charge < -0.3 is 4.74 Å². The Kier molecular flexibility index (Phi) is 6.09. The van der Waals surface area contributed by atoms with Gasteiger partial charge in [-0.1, -0.05) is 42.3 Å². The van der Waals surface area contributed by atoms with Crippen LogP contribution in [0.1, 0.15) is 38.8 Å². The van der Waals surface area contributed by atoms with E-state index < -0.39 is 11.7 Å². The van der Waals surface area contributed by atoms with Crippen molar-refractivity contribution < 1.29 is 9.53 Å². The Balaban J connectivity index is 1.93. The maximum Gasteiger partial charge on any atom is 0.416 e. The SMILES string of the molecule is CC#Cc1cnn2c(N(Cc3cccnc3)C(=O)OC(C)(C)C)cc(-c3ccccc3)nc12. The number of fused-ring (bicyclic) bond motifs is 1. The van der Waals surface area contributed by atoms with Crippen molar-refractivity contribution in [2.75, 3.05) is 4.90 Å². The predicted molar refractivity (Wildman–Crippen MR) is 128 cm³/mol. The molecule has 0 radical (unpaired) electrons. The second-order valence-corrected chi connectivity index (χ2v) is 8.46. The first-order chi connectivity index (χ1) is 15.9. The number of aromatic nitrogens is 4. The molecule has 0 unspecified atom stereocenters. The van der Waals surface area contributed by atoms with Gasteiger partial charge in [0.2, 0.25) is 0 Å². The number of benzene rings is 1. The Hall–Kier alpha value is -4.18. The minimum atomic E-state index is -0.665. The molecule has 1 amide bonds. The van der Waals surface area contributed by atoms with Crippen molar-refractivity contribution in [2.45, 2.75) is 39.8 Å². The van der Waals surface area contributed by atoms with Crippen molar-refractivity contribution in [3.05, 3.63) is 78.2 Å². The molecule has 0 saturated heterocycles. The molecule has 0 aliphatic heterocycles. The molecule has 1 aromatic carbocycles. The van der Waals surface area contributed by atoms with Crippen molar-refractivity contribution in [1.82, 2.24) is 19.6 Å². The van der Waals surface area contributed by atoms with Gasteiger partial charge in [-0.05, 0) is 39.3 Å². The van der Waals surface area contributed by atoms with Gasteiger partial charge in [0, 0.05) is 24.0 Å². The fourth-order valence-corrected chi connectivity index (χ4v) is 3.35. The van der Waals surface area contributed by atoms with Gasteiger partial charge in [0.25, 0.3) is 0 Å². The van der Waals surface area contributed by atoms with E-state index in [-0.39, 0.29) is 6.54 Å². The fraction of sp³-hybridized carbons (Fsp3) is 0.231. The quantitative estimate of drug-likeness (QED) is 0.414. The van der Waals surface area contributed by atoms with E-state index >= 15 is 0 Å². The zero-order chi connectivity index (χ0) is 23.4. The molecule has 0 spiro atoms. The molecule has 0 fully saturated rings. The van der Waals surface area contributed by atoms with Crippen molar-refractivity contribution in [3.63, 3.8) is 0 Å². The van der Waals surface area contributed by atoms with Crippen LogP contribution in [0.25, 0.3) is 16.9 Å². The van der Waals surface area contributed by atoms with Crippen LogP contribution in [-0.4, -0.2) is 31.3 Å². The van der Waals surface area contributed by atoms with Gasteiger partial charge in [-0.25, -0.2) is 9.78 Å². The van der Waals surface area contributed by atoms with E-state index in [9.17, 15) is 4.79 Å². The number of ether oxygens (including phenoxy) is 1. The number of rotatable bonds is 4. The Bertz CT molecular complexity index is 1330. The number of pyridine rings is 1. The number of anilines is 1. The molecule has 0 aliphatic carbocycles. The molecule has 0 aliphatic rings. The van der Waals surface area contributed by atoms with E-state index in [1.54, 1.807) is 34.9 Å². The zero-order valence-corrected chi connectivity index (χ0v) is 19.1. The van der Waals surface area contributed by atoms with Crippen LogP contribution < -0.4 is 4.90 Å². The summed E-state index contributed by atoms with van der Waals surface area (Å²) in [6.07, 6.45) is 4.60.